The van der Waals surface area contributed by atoms with Gasteiger partial charge in [0.15, 0.2) is 0 Å². The molecule has 0 radical (unpaired) electrons. The third-order valence-electron chi connectivity index (χ3n) is 2.52. The lowest BCUT2D eigenvalue weighted by Crippen LogP contribution is -2.40. The Morgan fingerprint density at radius 1 is 1.55 bits per heavy atom. The number of carbonyl (C=O) groups excluding carboxylic acids is 1. The van der Waals surface area contributed by atoms with Crippen molar-refractivity contribution >= 4 is 17.6 Å². The van der Waals surface area contributed by atoms with Gasteiger partial charge in [-0.15, -0.1) is 12.3 Å². The van der Waals surface area contributed by atoms with Gasteiger partial charge < -0.3 is 10.4 Å². The van der Waals surface area contributed by atoms with E-state index < -0.39 is 28.5 Å². The second kappa shape index (κ2) is 6.33. The van der Waals surface area contributed by atoms with Gasteiger partial charge in [0.05, 0.1) is 4.92 Å². The number of nitro groups is 1. The summed E-state index contributed by atoms with van der Waals surface area (Å²) >= 11 is 0. The number of nitrogens with one attached hydrogen (secondary N) is 1. The number of hydrogen-bond donors (Lipinski definition) is 2. The lowest BCUT2D eigenvalue weighted by Gasteiger charge is -2.12. The minimum absolute atomic E-state index is 0.196. The molecular formula is C13H12N2O5. The van der Waals surface area contributed by atoms with Gasteiger partial charge in [-0.1, -0.05) is 6.07 Å². The normalized spacial score (nSPS) is 11.2. The second-order valence-electron chi connectivity index (χ2n) is 4.05. The molecule has 0 saturated carbocycles. The predicted octanol–water partition coefficient (Wildman–Crippen LogP) is 1.11. The van der Waals surface area contributed by atoms with E-state index in [1.54, 1.807) is 6.92 Å². The minimum atomic E-state index is -1.30. The molecule has 0 saturated heterocycles. The van der Waals surface area contributed by atoms with E-state index >= 15 is 0 Å². The van der Waals surface area contributed by atoms with Crippen LogP contribution in [0.4, 0.5) is 5.69 Å². The molecule has 0 bridgehead atoms. The number of carbonyl (C=O) groups is 2. The zero-order chi connectivity index (χ0) is 15.3. The Morgan fingerprint density at radius 2 is 2.20 bits per heavy atom. The van der Waals surface area contributed by atoms with Gasteiger partial charge in [-0.3, -0.25) is 14.9 Å². The molecule has 1 atom stereocenters. The van der Waals surface area contributed by atoms with Gasteiger partial charge in [-0.2, -0.15) is 0 Å². The molecule has 7 heteroatoms. The first kappa shape index (κ1) is 15.2. The highest BCUT2D eigenvalue weighted by Crippen LogP contribution is 2.19. The van der Waals surface area contributed by atoms with Crippen molar-refractivity contribution in [3.05, 3.63) is 39.4 Å². The number of benzene rings is 1. The van der Waals surface area contributed by atoms with Gasteiger partial charge in [0, 0.05) is 12.5 Å². The highest BCUT2D eigenvalue weighted by atomic mass is 16.6. The van der Waals surface area contributed by atoms with Crippen LogP contribution < -0.4 is 5.32 Å². The maximum atomic E-state index is 12.0. The number of aliphatic carboxylic acids is 1. The van der Waals surface area contributed by atoms with Crippen molar-refractivity contribution in [1.82, 2.24) is 5.32 Å². The van der Waals surface area contributed by atoms with Crippen molar-refractivity contribution in [1.29, 1.82) is 0 Å². The summed E-state index contributed by atoms with van der Waals surface area (Å²) < 4.78 is 0. The number of hydrogen-bond acceptors (Lipinski definition) is 4. The Bertz CT molecular complexity index is 603. The minimum Gasteiger partial charge on any atom is -0.480 e. The molecule has 1 unspecified atom stereocenters. The number of rotatable bonds is 5. The summed E-state index contributed by atoms with van der Waals surface area (Å²) in [6.07, 6.45) is 4.80. The van der Waals surface area contributed by atoms with Gasteiger partial charge in [-0.25, -0.2) is 4.79 Å². The Hall–Kier alpha value is -2.88. The molecule has 104 valence electrons. The summed E-state index contributed by atoms with van der Waals surface area (Å²) in [5, 5.41) is 21.9. The first-order chi connectivity index (χ1) is 9.36. The van der Waals surface area contributed by atoms with Crippen molar-refractivity contribution in [3.8, 4) is 12.3 Å². The average Bonchev–Trinajstić information content (AvgIpc) is 2.37. The molecule has 1 rings (SSSR count). The summed E-state index contributed by atoms with van der Waals surface area (Å²) in [5.74, 6) is -0.0186. The van der Waals surface area contributed by atoms with E-state index in [1.807, 2.05) is 0 Å². The Balaban J connectivity index is 3.08. The van der Waals surface area contributed by atoms with Crippen molar-refractivity contribution in [3.63, 3.8) is 0 Å². The molecule has 2 N–H and O–H groups in total. The average molecular weight is 276 g/mol. The predicted molar refractivity (Wildman–Crippen MR) is 70.2 cm³/mol. The van der Waals surface area contributed by atoms with Crippen LogP contribution in [0, 0.1) is 29.4 Å². The summed E-state index contributed by atoms with van der Waals surface area (Å²) in [7, 11) is 0. The van der Waals surface area contributed by atoms with Crippen molar-refractivity contribution in [2.75, 3.05) is 0 Å². The summed E-state index contributed by atoms with van der Waals surface area (Å²) in [6, 6.07) is 2.72. The molecule has 1 amide bonds. The largest absolute Gasteiger partial charge is 0.480 e. The lowest BCUT2D eigenvalue weighted by atomic mass is 10.1. The molecule has 7 nitrogen and oxygen atoms in total. The highest BCUT2D eigenvalue weighted by Gasteiger charge is 2.25. The summed E-state index contributed by atoms with van der Waals surface area (Å²) in [5.41, 5.74) is 0.0563. The quantitative estimate of drug-likeness (QED) is 0.475. The van der Waals surface area contributed by atoms with Crippen molar-refractivity contribution in [2.24, 2.45) is 0 Å². The Morgan fingerprint density at radius 3 is 2.70 bits per heavy atom. The first-order valence-electron chi connectivity index (χ1n) is 5.59. The Labute approximate surface area is 114 Å². The number of amides is 1. The topological polar surface area (TPSA) is 110 Å². The van der Waals surface area contributed by atoms with E-state index in [9.17, 15) is 19.7 Å². The maximum Gasteiger partial charge on any atom is 0.327 e. The van der Waals surface area contributed by atoms with E-state index in [0.29, 0.717) is 5.56 Å². The number of terminal acetylenes is 1. The second-order valence-corrected chi connectivity index (χ2v) is 4.05. The maximum absolute atomic E-state index is 12.0. The van der Waals surface area contributed by atoms with Crippen LogP contribution in [0.1, 0.15) is 22.3 Å². The molecule has 1 aromatic rings. The number of carboxylic acid groups (broad SMARTS) is 1. The van der Waals surface area contributed by atoms with Crippen LogP contribution in [0.3, 0.4) is 0 Å². The molecule has 1 aromatic carbocycles. The molecule has 0 aliphatic rings. The van der Waals surface area contributed by atoms with Crippen LogP contribution >= 0.6 is 0 Å². The van der Waals surface area contributed by atoms with Crippen LogP contribution in [0.5, 0.6) is 0 Å². The molecule has 0 aliphatic heterocycles. The molecule has 0 fully saturated rings. The van der Waals surface area contributed by atoms with E-state index in [1.165, 1.54) is 18.2 Å². The zero-order valence-corrected chi connectivity index (χ0v) is 10.6. The van der Waals surface area contributed by atoms with Gasteiger partial charge >= 0.3 is 5.97 Å². The molecular weight excluding hydrogens is 264 g/mol. The van der Waals surface area contributed by atoms with Crippen molar-refractivity contribution in [2.45, 2.75) is 19.4 Å². The van der Waals surface area contributed by atoms with Crippen LogP contribution in [0.25, 0.3) is 0 Å². The van der Waals surface area contributed by atoms with Gasteiger partial charge in [0.1, 0.15) is 11.6 Å². The number of nitrogens with zero attached hydrogens (tertiary/aromatic N) is 1. The van der Waals surface area contributed by atoms with E-state index in [-0.39, 0.29) is 12.0 Å². The first-order valence-corrected chi connectivity index (χ1v) is 5.59. The summed E-state index contributed by atoms with van der Waals surface area (Å²) in [6.45, 7) is 1.66. The zero-order valence-electron chi connectivity index (χ0n) is 10.6. The lowest BCUT2D eigenvalue weighted by molar-refractivity contribution is -0.385. The number of carboxylic acids is 1. The van der Waals surface area contributed by atoms with E-state index in [0.717, 1.165) is 0 Å². The SMILES string of the molecule is C#CCC(NC(=O)c1cc(C)ccc1[N+](=O)[O-])C(=O)O. The molecule has 0 heterocycles. The Kier molecular flexibility index (Phi) is 4.81. The van der Waals surface area contributed by atoms with Crippen LogP contribution in [-0.2, 0) is 4.79 Å². The highest BCUT2D eigenvalue weighted by molar-refractivity contribution is 6.00. The third kappa shape index (κ3) is 3.55. The van der Waals surface area contributed by atoms with Crippen LogP contribution in [-0.4, -0.2) is 27.9 Å². The van der Waals surface area contributed by atoms with E-state index in [2.05, 4.69) is 11.2 Å². The standard InChI is InChI=1S/C13H12N2O5/c1-3-4-10(13(17)18)14-12(16)9-7-8(2)5-6-11(9)15(19)20/h1,5-7,10H,4H2,2H3,(H,14,16)(H,17,18). The smallest absolute Gasteiger partial charge is 0.327 e. The summed E-state index contributed by atoms with van der Waals surface area (Å²) in [4.78, 5) is 33.0. The third-order valence-corrected chi connectivity index (χ3v) is 2.52. The fourth-order valence-corrected chi connectivity index (χ4v) is 1.54. The fourth-order valence-electron chi connectivity index (χ4n) is 1.54. The number of nitro benzene ring substituents is 1. The van der Waals surface area contributed by atoms with Crippen LogP contribution in [0.15, 0.2) is 18.2 Å². The van der Waals surface area contributed by atoms with Gasteiger partial charge in [-0.05, 0) is 18.6 Å². The van der Waals surface area contributed by atoms with Gasteiger partial charge in [0.25, 0.3) is 11.6 Å². The number of aryl methyl sites for hydroxylation is 1. The van der Waals surface area contributed by atoms with E-state index in [4.69, 9.17) is 11.5 Å². The van der Waals surface area contributed by atoms with Crippen LogP contribution in [0.2, 0.25) is 0 Å². The molecule has 20 heavy (non-hydrogen) atoms. The monoisotopic (exact) mass is 276 g/mol. The molecule has 0 aliphatic carbocycles. The fraction of sp³-hybridized carbons (Fsp3) is 0.231. The van der Waals surface area contributed by atoms with Gasteiger partial charge in [0.2, 0.25) is 0 Å². The molecule has 0 aromatic heterocycles. The molecule has 0 spiro atoms. The van der Waals surface area contributed by atoms with Crippen molar-refractivity contribution < 1.29 is 19.6 Å².